The predicted molar refractivity (Wildman–Crippen MR) is 107 cm³/mol. The van der Waals surface area contributed by atoms with Gasteiger partial charge in [0.2, 0.25) is 0 Å². The van der Waals surface area contributed by atoms with Gasteiger partial charge < -0.3 is 9.47 Å². The van der Waals surface area contributed by atoms with E-state index in [1.165, 1.54) is 60.8 Å². The van der Waals surface area contributed by atoms with Gasteiger partial charge >= 0.3 is 0 Å². The molecule has 0 radical (unpaired) electrons. The lowest BCUT2D eigenvalue weighted by atomic mass is 9.66. The highest BCUT2D eigenvalue weighted by Crippen LogP contribution is 2.50. The molecule has 138 valence electrons. The van der Waals surface area contributed by atoms with Crippen LogP contribution >= 0.6 is 0 Å². The number of rotatable bonds is 2. The van der Waals surface area contributed by atoms with Gasteiger partial charge in [-0.1, -0.05) is 37.1 Å². The lowest BCUT2D eigenvalue weighted by Gasteiger charge is -2.38. The van der Waals surface area contributed by atoms with Gasteiger partial charge in [0.25, 0.3) is 0 Å². The fourth-order valence-corrected chi connectivity index (χ4v) is 4.73. The first-order valence-corrected chi connectivity index (χ1v) is 10.1. The Morgan fingerprint density at radius 1 is 0.654 bits per heavy atom. The fourth-order valence-electron chi connectivity index (χ4n) is 4.73. The molecular weight excluding hydrogens is 320 g/mol. The highest BCUT2D eigenvalue weighted by Gasteiger charge is 2.34. The monoisotopic (exact) mass is 350 g/mol. The zero-order chi connectivity index (χ0) is 17.9. The Kier molecular flexibility index (Phi) is 5.19. The molecule has 4 rings (SSSR count). The Hall–Kier alpha value is -1.96. The first-order chi connectivity index (χ1) is 12.8. The van der Waals surface area contributed by atoms with Crippen LogP contribution in [0.5, 0.6) is 11.5 Å². The minimum atomic E-state index is 0.642. The molecule has 1 saturated carbocycles. The van der Waals surface area contributed by atoms with E-state index >= 15 is 0 Å². The van der Waals surface area contributed by atoms with E-state index in [1.54, 1.807) is 14.2 Å². The predicted octanol–water partition coefficient (Wildman–Crippen LogP) is 6.02. The number of fused-ring (bicyclic) bond motifs is 7. The maximum absolute atomic E-state index is 5.62. The standard InChI is InChI=1S/C24H30O2/c1-25-23-13-9-17-15-19(23)7-5-3-4-6-8-20-16-18(10-14-24(20)26-2)22-12-11-21(17)22/h9-10,13-16,21-22H,3-8,11-12H2,1-2H3. The van der Waals surface area contributed by atoms with Gasteiger partial charge in [-0.25, -0.2) is 0 Å². The zero-order valence-electron chi connectivity index (χ0n) is 16.1. The molecule has 2 unspecified atom stereocenters. The number of ether oxygens (including phenoxy) is 2. The molecule has 0 N–H and O–H groups in total. The van der Waals surface area contributed by atoms with Crippen molar-refractivity contribution in [1.29, 1.82) is 0 Å². The fraction of sp³-hybridized carbons (Fsp3) is 0.500. The van der Waals surface area contributed by atoms with Crippen LogP contribution in [0.3, 0.4) is 0 Å². The van der Waals surface area contributed by atoms with Crippen molar-refractivity contribution in [2.45, 2.75) is 63.2 Å². The van der Waals surface area contributed by atoms with Gasteiger partial charge in [-0.15, -0.1) is 0 Å². The number of methoxy groups -OCH3 is 2. The van der Waals surface area contributed by atoms with Crippen LogP contribution in [-0.4, -0.2) is 14.2 Å². The van der Waals surface area contributed by atoms with Crippen molar-refractivity contribution in [2.75, 3.05) is 14.2 Å². The Bertz CT molecular complexity index is 699. The molecule has 0 amide bonds. The van der Waals surface area contributed by atoms with E-state index in [0.717, 1.165) is 24.3 Å². The zero-order valence-corrected chi connectivity index (χ0v) is 16.1. The third kappa shape index (κ3) is 3.34. The third-order valence-electron chi connectivity index (χ3n) is 6.38. The summed E-state index contributed by atoms with van der Waals surface area (Å²) in [5.74, 6) is 3.40. The molecule has 2 aliphatic rings. The van der Waals surface area contributed by atoms with E-state index in [-0.39, 0.29) is 0 Å². The molecule has 1 fully saturated rings. The molecule has 0 spiro atoms. The van der Waals surface area contributed by atoms with Gasteiger partial charge in [-0.3, -0.25) is 0 Å². The van der Waals surface area contributed by atoms with E-state index in [2.05, 4.69) is 36.4 Å². The largest absolute Gasteiger partial charge is 0.496 e. The molecule has 26 heavy (non-hydrogen) atoms. The summed E-state index contributed by atoms with van der Waals surface area (Å²) >= 11 is 0. The first-order valence-electron chi connectivity index (χ1n) is 10.1. The van der Waals surface area contributed by atoms with Crippen molar-refractivity contribution in [3.63, 3.8) is 0 Å². The molecule has 2 aromatic carbocycles. The average molecular weight is 351 g/mol. The molecule has 0 heterocycles. The second-order valence-corrected chi connectivity index (χ2v) is 7.85. The Labute approximate surface area is 157 Å². The van der Waals surface area contributed by atoms with Crippen LogP contribution in [0.1, 0.15) is 72.6 Å². The molecule has 0 aliphatic heterocycles. The molecule has 0 saturated heterocycles. The maximum Gasteiger partial charge on any atom is 0.122 e. The molecule has 0 aromatic heterocycles. The summed E-state index contributed by atoms with van der Waals surface area (Å²) in [5, 5.41) is 0. The van der Waals surface area contributed by atoms with E-state index < -0.39 is 0 Å². The van der Waals surface area contributed by atoms with E-state index in [0.29, 0.717) is 11.8 Å². The van der Waals surface area contributed by atoms with Gasteiger partial charge in [0, 0.05) is 0 Å². The van der Waals surface area contributed by atoms with Gasteiger partial charge in [-0.05, 0) is 84.7 Å². The van der Waals surface area contributed by atoms with E-state index in [1.807, 2.05) is 0 Å². The molecule has 2 aliphatic carbocycles. The quantitative estimate of drug-likeness (QED) is 0.659. The van der Waals surface area contributed by atoms with Gasteiger partial charge in [-0.2, -0.15) is 0 Å². The molecule has 2 aromatic rings. The van der Waals surface area contributed by atoms with Crippen molar-refractivity contribution in [2.24, 2.45) is 0 Å². The van der Waals surface area contributed by atoms with Crippen LogP contribution in [0.15, 0.2) is 36.4 Å². The maximum atomic E-state index is 5.62. The molecular formula is C24H30O2. The summed E-state index contributed by atoms with van der Waals surface area (Å²) in [7, 11) is 3.59. The SMILES string of the molecule is COc1ccc2cc1CCCCCCc1cc(ccc1OC)C1CCC21. The minimum Gasteiger partial charge on any atom is -0.496 e. The molecule has 2 heteroatoms. The normalized spacial score (nSPS) is 22.5. The molecule has 2 atom stereocenters. The summed E-state index contributed by atoms with van der Waals surface area (Å²) in [6, 6.07) is 13.8. The van der Waals surface area contributed by atoms with Crippen LogP contribution in [0.2, 0.25) is 0 Å². The van der Waals surface area contributed by atoms with Crippen LogP contribution < -0.4 is 9.47 Å². The highest BCUT2D eigenvalue weighted by atomic mass is 16.5. The second kappa shape index (κ2) is 7.73. The van der Waals surface area contributed by atoms with Crippen LogP contribution in [0.25, 0.3) is 0 Å². The average Bonchev–Trinajstić information content (AvgIpc) is 2.63. The first kappa shape index (κ1) is 17.5. The van der Waals surface area contributed by atoms with Crippen LogP contribution in [0, 0.1) is 0 Å². The summed E-state index contributed by atoms with van der Waals surface area (Å²) < 4.78 is 11.2. The van der Waals surface area contributed by atoms with Crippen molar-refractivity contribution >= 4 is 0 Å². The van der Waals surface area contributed by atoms with Crippen molar-refractivity contribution in [1.82, 2.24) is 0 Å². The number of hydrogen-bond donors (Lipinski definition) is 0. The van der Waals surface area contributed by atoms with Crippen molar-refractivity contribution < 1.29 is 9.47 Å². The number of aryl methyl sites for hydroxylation is 2. The Morgan fingerprint density at radius 2 is 1.12 bits per heavy atom. The smallest absolute Gasteiger partial charge is 0.122 e. The summed E-state index contributed by atoms with van der Waals surface area (Å²) in [6.07, 6.45) is 9.88. The second-order valence-electron chi connectivity index (χ2n) is 7.85. The minimum absolute atomic E-state index is 0.642. The van der Waals surface area contributed by atoms with Crippen molar-refractivity contribution in [3.8, 4) is 11.5 Å². The lowest BCUT2D eigenvalue weighted by Crippen LogP contribution is -2.22. The van der Waals surface area contributed by atoms with Gasteiger partial charge in [0.15, 0.2) is 0 Å². The summed E-state index contributed by atoms with van der Waals surface area (Å²) in [6.45, 7) is 0. The highest BCUT2D eigenvalue weighted by molar-refractivity contribution is 5.44. The Balaban J connectivity index is 1.70. The molecule has 2 nitrogen and oxygen atoms in total. The number of benzene rings is 2. The lowest BCUT2D eigenvalue weighted by molar-refractivity contribution is 0.344. The topological polar surface area (TPSA) is 18.5 Å². The third-order valence-corrected chi connectivity index (χ3v) is 6.38. The number of hydrogen-bond acceptors (Lipinski definition) is 2. The van der Waals surface area contributed by atoms with Crippen molar-refractivity contribution in [3.05, 3.63) is 58.7 Å². The van der Waals surface area contributed by atoms with Crippen LogP contribution in [0.4, 0.5) is 0 Å². The van der Waals surface area contributed by atoms with E-state index in [9.17, 15) is 0 Å². The van der Waals surface area contributed by atoms with E-state index in [4.69, 9.17) is 9.47 Å². The van der Waals surface area contributed by atoms with Crippen LogP contribution in [-0.2, 0) is 12.8 Å². The molecule has 4 bridgehead atoms. The van der Waals surface area contributed by atoms with Gasteiger partial charge in [0.05, 0.1) is 14.2 Å². The summed E-state index contributed by atoms with van der Waals surface area (Å²) in [4.78, 5) is 0. The summed E-state index contributed by atoms with van der Waals surface area (Å²) in [5.41, 5.74) is 5.77. The Morgan fingerprint density at radius 3 is 1.50 bits per heavy atom. The van der Waals surface area contributed by atoms with Gasteiger partial charge in [0.1, 0.15) is 11.5 Å².